The van der Waals surface area contributed by atoms with Gasteiger partial charge in [0.2, 0.25) is 0 Å². The third-order valence-electron chi connectivity index (χ3n) is 2.50. The minimum absolute atomic E-state index is 0.0977. The van der Waals surface area contributed by atoms with Gasteiger partial charge < -0.3 is 5.32 Å². The Morgan fingerprint density at radius 2 is 2.17 bits per heavy atom. The summed E-state index contributed by atoms with van der Waals surface area (Å²) in [5, 5.41) is 3.46. The monoisotopic (exact) mass is 343 g/mol. The number of hydrogen-bond donors (Lipinski definition) is 1. The molecule has 5 heteroatoms. The van der Waals surface area contributed by atoms with Crippen molar-refractivity contribution in [3.05, 3.63) is 55.1 Å². The minimum Gasteiger partial charge on any atom is -0.347 e. The summed E-state index contributed by atoms with van der Waals surface area (Å²) < 4.78 is 1.06. The molecule has 0 bridgehead atoms. The molecule has 2 rings (SSSR count). The topological polar surface area (TPSA) is 29.1 Å². The highest BCUT2D eigenvalue weighted by atomic mass is 79.9. The van der Waals surface area contributed by atoms with Crippen molar-refractivity contribution >= 4 is 44.8 Å². The maximum absolute atomic E-state index is 12.0. The second-order valence-electron chi connectivity index (χ2n) is 3.85. The zero-order valence-electron chi connectivity index (χ0n) is 9.67. The fourth-order valence-electron chi connectivity index (χ4n) is 1.55. The summed E-state index contributed by atoms with van der Waals surface area (Å²) in [6.45, 7) is 2.42. The SMILES string of the molecule is Cc1ccc(Cl)cc1C(=O)NCc1ccc(Br)s1. The van der Waals surface area contributed by atoms with Gasteiger partial charge in [-0.2, -0.15) is 0 Å². The van der Waals surface area contributed by atoms with Crippen molar-refractivity contribution in [2.24, 2.45) is 0 Å². The lowest BCUT2D eigenvalue weighted by Crippen LogP contribution is -2.23. The number of aryl methyl sites for hydroxylation is 1. The first-order valence-corrected chi connectivity index (χ1v) is 7.33. The predicted molar refractivity (Wildman–Crippen MR) is 79.4 cm³/mol. The summed E-state index contributed by atoms with van der Waals surface area (Å²) in [4.78, 5) is 13.1. The summed E-state index contributed by atoms with van der Waals surface area (Å²) in [6.07, 6.45) is 0. The van der Waals surface area contributed by atoms with E-state index in [9.17, 15) is 4.79 Å². The maximum atomic E-state index is 12.0. The average Bonchev–Trinajstić information content (AvgIpc) is 2.75. The van der Waals surface area contributed by atoms with E-state index < -0.39 is 0 Å². The molecule has 1 amide bonds. The summed E-state index contributed by atoms with van der Waals surface area (Å²) >= 11 is 10.9. The third-order valence-corrected chi connectivity index (χ3v) is 4.36. The van der Waals surface area contributed by atoms with Gasteiger partial charge in [0.15, 0.2) is 0 Å². The van der Waals surface area contributed by atoms with Crippen molar-refractivity contribution in [2.45, 2.75) is 13.5 Å². The molecule has 2 nitrogen and oxygen atoms in total. The molecule has 1 aromatic heterocycles. The first-order valence-electron chi connectivity index (χ1n) is 5.35. The van der Waals surface area contributed by atoms with Crippen molar-refractivity contribution in [1.29, 1.82) is 0 Å². The molecule has 0 atom stereocenters. The molecule has 0 radical (unpaired) electrons. The largest absolute Gasteiger partial charge is 0.347 e. The van der Waals surface area contributed by atoms with Crippen LogP contribution in [0.5, 0.6) is 0 Å². The lowest BCUT2D eigenvalue weighted by atomic mass is 10.1. The second kappa shape index (κ2) is 5.87. The summed E-state index contributed by atoms with van der Waals surface area (Å²) in [7, 11) is 0. The van der Waals surface area contributed by atoms with Crippen molar-refractivity contribution in [1.82, 2.24) is 5.32 Å². The Balaban J connectivity index is 2.05. The Morgan fingerprint density at radius 1 is 1.39 bits per heavy atom. The van der Waals surface area contributed by atoms with E-state index in [0.29, 0.717) is 17.1 Å². The third kappa shape index (κ3) is 3.34. The highest BCUT2D eigenvalue weighted by Crippen LogP contribution is 2.22. The zero-order chi connectivity index (χ0) is 13.1. The van der Waals surface area contributed by atoms with Crippen molar-refractivity contribution < 1.29 is 4.79 Å². The van der Waals surface area contributed by atoms with E-state index >= 15 is 0 Å². The number of nitrogens with one attached hydrogen (secondary N) is 1. The van der Waals surface area contributed by atoms with Crippen molar-refractivity contribution in [3.63, 3.8) is 0 Å². The molecule has 0 aliphatic rings. The molecular formula is C13H11BrClNOS. The summed E-state index contributed by atoms with van der Waals surface area (Å²) in [5.74, 6) is -0.0977. The van der Waals surface area contributed by atoms with E-state index in [1.165, 1.54) is 0 Å². The number of carbonyl (C=O) groups is 1. The van der Waals surface area contributed by atoms with Gasteiger partial charge in [0.1, 0.15) is 0 Å². The molecule has 0 fully saturated rings. The molecule has 0 aliphatic heterocycles. The van der Waals surface area contributed by atoms with E-state index in [0.717, 1.165) is 14.2 Å². The van der Waals surface area contributed by atoms with Crippen LogP contribution in [0.1, 0.15) is 20.8 Å². The van der Waals surface area contributed by atoms with Crippen LogP contribution in [-0.4, -0.2) is 5.91 Å². The molecule has 18 heavy (non-hydrogen) atoms. The highest BCUT2D eigenvalue weighted by molar-refractivity contribution is 9.11. The van der Waals surface area contributed by atoms with E-state index in [-0.39, 0.29) is 5.91 Å². The maximum Gasteiger partial charge on any atom is 0.251 e. The Morgan fingerprint density at radius 3 is 2.83 bits per heavy atom. The van der Waals surface area contributed by atoms with E-state index in [1.54, 1.807) is 23.5 Å². The Kier molecular flexibility index (Phi) is 4.43. The van der Waals surface area contributed by atoms with Crippen LogP contribution in [-0.2, 0) is 6.54 Å². The van der Waals surface area contributed by atoms with Gasteiger partial charge in [-0.1, -0.05) is 17.7 Å². The smallest absolute Gasteiger partial charge is 0.251 e. The zero-order valence-corrected chi connectivity index (χ0v) is 12.8. The fraction of sp³-hybridized carbons (Fsp3) is 0.154. The van der Waals surface area contributed by atoms with Crippen LogP contribution in [0.3, 0.4) is 0 Å². The van der Waals surface area contributed by atoms with Gasteiger partial charge in [0, 0.05) is 15.5 Å². The molecule has 0 aliphatic carbocycles. The first-order chi connectivity index (χ1) is 8.56. The molecular weight excluding hydrogens is 334 g/mol. The van der Waals surface area contributed by atoms with E-state index in [4.69, 9.17) is 11.6 Å². The fourth-order valence-corrected chi connectivity index (χ4v) is 3.14. The van der Waals surface area contributed by atoms with Crippen LogP contribution >= 0.6 is 38.9 Å². The van der Waals surface area contributed by atoms with Crippen LogP contribution in [0.2, 0.25) is 5.02 Å². The quantitative estimate of drug-likeness (QED) is 0.878. The number of thiophene rings is 1. The van der Waals surface area contributed by atoms with Gasteiger partial charge in [-0.25, -0.2) is 0 Å². The van der Waals surface area contributed by atoms with Crippen molar-refractivity contribution in [2.75, 3.05) is 0 Å². The number of hydrogen-bond acceptors (Lipinski definition) is 2. The average molecular weight is 345 g/mol. The molecule has 94 valence electrons. The molecule has 1 aromatic carbocycles. The Bertz CT molecular complexity index is 582. The highest BCUT2D eigenvalue weighted by Gasteiger charge is 2.09. The molecule has 0 unspecified atom stereocenters. The van der Waals surface area contributed by atoms with E-state index in [1.807, 2.05) is 25.1 Å². The molecule has 1 heterocycles. The van der Waals surface area contributed by atoms with Gasteiger partial charge in [0.25, 0.3) is 5.91 Å². The molecule has 0 saturated heterocycles. The van der Waals surface area contributed by atoms with Crippen LogP contribution < -0.4 is 5.32 Å². The van der Waals surface area contributed by atoms with Gasteiger partial charge >= 0.3 is 0 Å². The molecule has 0 saturated carbocycles. The Labute approximate surface area is 123 Å². The molecule has 0 spiro atoms. The summed E-state index contributed by atoms with van der Waals surface area (Å²) in [6, 6.07) is 9.27. The van der Waals surface area contributed by atoms with Gasteiger partial charge in [-0.15, -0.1) is 11.3 Å². The Hall–Kier alpha value is -0.840. The number of halogens is 2. The van der Waals surface area contributed by atoms with Crippen LogP contribution in [0, 0.1) is 6.92 Å². The minimum atomic E-state index is -0.0977. The number of carbonyl (C=O) groups excluding carboxylic acids is 1. The predicted octanol–water partition coefficient (Wildman–Crippen LogP) is 4.40. The lowest BCUT2D eigenvalue weighted by Gasteiger charge is -2.07. The standard InChI is InChI=1S/C13H11BrClNOS/c1-8-2-3-9(15)6-11(8)13(17)16-7-10-4-5-12(14)18-10/h2-6H,7H2,1H3,(H,16,17). The lowest BCUT2D eigenvalue weighted by molar-refractivity contribution is 0.0950. The van der Waals surface area contributed by atoms with Gasteiger partial charge in [-0.05, 0) is 52.7 Å². The van der Waals surface area contributed by atoms with E-state index in [2.05, 4.69) is 21.2 Å². The van der Waals surface area contributed by atoms with Crippen molar-refractivity contribution in [3.8, 4) is 0 Å². The number of amides is 1. The van der Waals surface area contributed by atoms with Gasteiger partial charge in [0.05, 0.1) is 10.3 Å². The summed E-state index contributed by atoms with van der Waals surface area (Å²) in [5.41, 5.74) is 1.54. The molecule has 2 aromatic rings. The van der Waals surface area contributed by atoms with Crippen LogP contribution in [0.25, 0.3) is 0 Å². The normalized spacial score (nSPS) is 10.4. The van der Waals surface area contributed by atoms with Crippen LogP contribution in [0.15, 0.2) is 34.1 Å². The molecule has 1 N–H and O–H groups in total. The first kappa shape index (κ1) is 13.6. The van der Waals surface area contributed by atoms with Gasteiger partial charge in [-0.3, -0.25) is 4.79 Å². The number of benzene rings is 1. The number of rotatable bonds is 3. The van der Waals surface area contributed by atoms with Crippen LogP contribution in [0.4, 0.5) is 0 Å². The second-order valence-corrected chi connectivity index (χ2v) is 6.83.